The number of rotatable bonds is 5. The molecule has 3 heterocycles. The first-order valence-electron chi connectivity index (χ1n) is 8.74. The maximum absolute atomic E-state index is 12.9. The van der Waals surface area contributed by atoms with Crippen molar-refractivity contribution in [2.24, 2.45) is 12.5 Å². The summed E-state index contributed by atoms with van der Waals surface area (Å²) < 4.78 is 7.16. The van der Waals surface area contributed by atoms with E-state index < -0.39 is 0 Å². The summed E-state index contributed by atoms with van der Waals surface area (Å²) in [6, 6.07) is 1.85. The highest BCUT2D eigenvalue weighted by atomic mass is 16.5. The maximum atomic E-state index is 12.9. The van der Waals surface area contributed by atoms with Crippen molar-refractivity contribution in [3.63, 3.8) is 0 Å². The molecule has 0 atom stereocenters. The van der Waals surface area contributed by atoms with Gasteiger partial charge in [-0.05, 0) is 45.8 Å². The van der Waals surface area contributed by atoms with Crippen LogP contribution in [0.15, 0.2) is 6.07 Å². The van der Waals surface area contributed by atoms with Crippen LogP contribution in [0.25, 0.3) is 11.0 Å². The minimum Gasteiger partial charge on any atom is -0.384 e. The number of nitrogens with one attached hydrogen (secondary N) is 2. The molecule has 1 aliphatic rings. The number of ether oxygens (including phenoxy) is 1. The molecule has 1 fully saturated rings. The Morgan fingerprint density at radius 1 is 1.40 bits per heavy atom. The summed E-state index contributed by atoms with van der Waals surface area (Å²) in [6.45, 7) is 7.00. The second-order valence-electron chi connectivity index (χ2n) is 7.08. The molecule has 1 amide bonds. The van der Waals surface area contributed by atoms with Gasteiger partial charge in [0.05, 0.1) is 23.3 Å². The average molecular weight is 345 g/mol. The van der Waals surface area contributed by atoms with Gasteiger partial charge in [-0.15, -0.1) is 0 Å². The van der Waals surface area contributed by atoms with Crippen LogP contribution >= 0.6 is 0 Å². The summed E-state index contributed by atoms with van der Waals surface area (Å²) in [4.78, 5) is 17.5. The number of pyridine rings is 1. The average Bonchev–Trinajstić information content (AvgIpc) is 2.87. The second kappa shape index (κ2) is 7.09. The molecule has 0 unspecified atom stereocenters. The van der Waals surface area contributed by atoms with E-state index in [9.17, 15) is 4.79 Å². The molecule has 1 aliphatic heterocycles. The molecule has 0 bridgehead atoms. The molecule has 0 aliphatic carbocycles. The molecular formula is C18H27N5O2. The minimum absolute atomic E-state index is 0.000827. The van der Waals surface area contributed by atoms with Gasteiger partial charge in [-0.2, -0.15) is 5.10 Å². The predicted octanol–water partition coefficient (Wildman–Crippen LogP) is 1.33. The number of hydrogen-bond donors (Lipinski definition) is 2. The predicted molar refractivity (Wildman–Crippen MR) is 96.7 cm³/mol. The SMILES string of the molecule is COCC1(CNC(=O)c2cc(C)nc3c2c(C)nn3C)CCNCC1. The molecule has 0 spiro atoms. The first-order chi connectivity index (χ1) is 12.0. The van der Waals surface area contributed by atoms with Gasteiger partial charge in [-0.25, -0.2) is 4.98 Å². The molecule has 2 aromatic heterocycles. The molecule has 2 aromatic rings. The third kappa shape index (κ3) is 3.52. The summed E-state index contributed by atoms with van der Waals surface area (Å²) in [6.07, 6.45) is 2.00. The van der Waals surface area contributed by atoms with Crippen LogP contribution in [0.4, 0.5) is 0 Å². The first-order valence-corrected chi connectivity index (χ1v) is 8.74. The molecule has 25 heavy (non-hydrogen) atoms. The van der Waals surface area contributed by atoms with Crippen LogP contribution in [0.3, 0.4) is 0 Å². The molecule has 7 nitrogen and oxygen atoms in total. The van der Waals surface area contributed by atoms with E-state index in [-0.39, 0.29) is 11.3 Å². The van der Waals surface area contributed by atoms with Gasteiger partial charge < -0.3 is 15.4 Å². The highest BCUT2D eigenvalue weighted by molar-refractivity contribution is 6.06. The molecular weight excluding hydrogens is 318 g/mol. The van der Waals surface area contributed by atoms with Gasteiger partial charge in [0, 0.05) is 31.8 Å². The lowest BCUT2D eigenvalue weighted by atomic mass is 9.79. The summed E-state index contributed by atoms with van der Waals surface area (Å²) in [7, 11) is 3.58. The van der Waals surface area contributed by atoms with Crippen LogP contribution in [0.1, 0.15) is 34.6 Å². The lowest BCUT2D eigenvalue weighted by molar-refractivity contribution is 0.0512. The molecule has 0 radical (unpaired) electrons. The lowest BCUT2D eigenvalue weighted by Crippen LogP contribution is -2.47. The molecule has 0 aromatic carbocycles. The largest absolute Gasteiger partial charge is 0.384 e. The van der Waals surface area contributed by atoms with Crippen LogP contribution < -0.4 is 10.6 Å². The van der Waals surface area contributed by atoms with Crippen molar-refractivity contribution in [2.45, 2.75) is 26.7 Å². The summed E-state index contributed by atoms with van der Waals surface area (Å²) in [5.41, 5.74) is 3.03. The van der Waals surface area contributed by atoms with Gasteiger partial charge in [-0.3, -0.25) is 9.48 Å². The third-order valence-corrected chi connectivity index (χ3v) is 5.08. The topological polar surface area (TPSA) is 81.1 Å². The van der Waals surface area contributed by atoms with E-state index in [1.54, 1.807) is 11.8 Å². The molecule has 136 valence electrons. The quantitative estimate of drug-likeness (QED) is 0.854. The molecule has 7 heteroatoms. The van der Waals surface area contributed by atoms with Crippen LogP contribution in [0.5, 0.6) is 0 Å². The number of aryl methyl sites for hydroxylation is 3. The van der Waals surface area contributed by atoms with Gasteiger partial charge >= 0.3 is 0 Å². The Kier molecular flexibility index (Phi) is 5.06. The fourth-order valence-corrected chi connectivity index (χ4v) is 3.75. The number of fused-ring (bicyclic) bond motifs is 1. The van der Waals surface area contributed by atoms with Crippen LogP contribution in [0.2, 0.25) is 0 Å². The third-order valence-electron chi connectivity index (χ3n) is 5.08. The standard InChI is InChI=1S/C18H27N5O2/c1-12-9-14(15-13(2)22-23(3)16(15)21-12)17(24)20-10-18(11-25-4)5-7-19-8-6-18/h9,19H,5-8,10-11H2,1-4H3,(H,20,24). The number of methoxy groups -OCH3 is 1. The summed E-state index contributed by atoms with van der Waals surface area (Å²) in [5.74, 6) is -0.0689. The van der Waals surface area contributed by atoms with Gasteiger partial charge in [-0.1, -0.05) is 0 Å². The smallest absolute Gasteiger partial charge is 0.252 e. The molecule has 2 N–H and O–H groups in total. The Morgan fingerprint density at radius 2 is 2.12 bits per heavy atom. The van der Waals surface area contributed by atoms with Crippen molar-refractivity contribution < 1.29 is 9.53 Å². The fraction of sp³-hybridized carbons (Fsp3) is 0.611. The van der Waals surface area contributed by atoms with Crippen molar-refractivity contribution in [2.75, 3.05) is 33.4 Å². The molecule has 1 saturated heterocycles. The van der Waals surface area contributed by atoms with Gasteiger partial charge in [0.2, 0.25) is 0 Å². The molecule has 3 rings (SSSR count). The monoisotopic (exact) mass is 345 g/mol. The zero-order valence-corrected chi connectivity index (χ0v) is 15.5. The fourth-order valence-electron chi connectivity index (χ4n) is 3.75. The Hall–Kier alpha value is -1.99. The van der Waals surface area contributed by atoms with Crippen molar-refractivity contribution in [1.29, 1.82) is 0 Å². The van der Waals surface area contributed by atoms with Crippen molar-refractivity contribution in [3.8, 4) is 0 Å². The van der Waals surface area contributed by atoms with E-state index >= 15 is 0 Å². The molecule has 0 saturated carbocycles. The minimum atomic E-state index is -0.0689. The first kappa shape index (κ1) is 17.8. The highest BCUT2D eigenvalue weighted by Gasteiger charge is 2.33. The van der Waals surface area contributed by atoms with E-state index in [1.807, 2.05) is 27.0 Å². The number of aromatic nitrogens is 3. The number of carbonyl (C=O) groups excluding carboxylic acids is 1. The van der Waals surface area contributed by atoms with E-state index in [0.29, 0.717) is 18.7 Å². The Labute approximate surface area is 148 Å². The van der Waals surface area contributed by atoms with Gasteiger partial charge in [0.1, 0.15) is 0 Å². The zero-order chi connectivity index (χ0) is 18.0. The number of carbonyl (C=O) groups is 1. The zero-order valence-electron chi connectivity index (χ0n) is 15.5. The number of nitrogens with zero attached hydrogens (tertiary/aromatic N) is 3. The van der Waals surface area contributed by atoms with Crippen molar-refractivity contribution in [3.05, 3.63) is 23.0 Å². The highest BCUT2D eigenvalue weighted by Crippen LogP contribution is 2.29. The van der Waals surface area contributed by atoms with Crippen LogP contribution in [-0.4, -0.2) is 54.0 Å². The van der Waals surface area contributed by atoms with Crippen LogP contribution in [-0.2, 0) is 11.8 Å². The van der Waals surface area contributed by atoms with Gasteiger partial charge in [0.25, 0.3) is 5.91 Å². The van der Waals surface area contributed by atoms with Gasteiger partial charge in [0.15, 0.2) is 5.65 Å². The van der Waals surface area contributed by atoms with Crippen molar-refractivity contribution >= 4 is 16.9 Å². The van der Waals surface area contributed by atoms with E-state index in [4.69, 9.17) is 4.74 Å². The normalized spacial score (nSPS) is 17.0. The van der Waals surface area contributed by atoms with E-state index in [2.05, 4.69) is 20.7 Å². The summed E-state index contributed by atoms with van der Waals surface area (Å²) in [5, 5.41) is 11.8. The Bertz CT molecular complexity index is 772. The van der Waals surface area contributed by atoms with E-state index in [1.165, 1.54) is 0 Å². The number of hydrogen-bond acceptors (Lipinski definition) is 5. The summed E-state index contributed by atoms with van der Waals surface area (Å²) >= 11 is 0. The number of piperidine rings is 1. The van der Waals surface area contributed by atoms with Crippen LogP contribution in [0, 0.1) is 19.3 Å². The van der Waals surface area contributed by atoms with E-state index in [0.717, 1.165) is 48.4 Å². The number of amides is 1. The lowest BCUT2D eigenvalue weighted by Gasteiger charge is -2.37. The Balaban J connectivity index is 1.85. The maximum Gasteiger partial charge on any atom is 0.252 e. The second-order valence-corrected chi connectivity index (χ2v) is 7.08. The Morgan fingerprint density at radius 3 is 2.80 bits per heavy atom. The van der Waals surface area contributed by atoms with Crippen molar-refractivity contribution in [1.82, 2.24) is 25.4 Å².